The fourth-order valence-electron chi connectivity index (χ4n) is 2.45. The number of aromatic nitrogens is 3. The van der Waals surface area contributed by atoms with E-state index in [-0.39, 0.29) is 17.4 Å². The van der Waals surface area contributed by atoms with Crippen molar-refractivity contribution in [1.82, 2.24) is 20.1 Å². The average Bonchev–Trinajstić information content (AvgIpc) is 2.98. The van der Waals surface area contributed by atoms with Gasteiger partial charge in [0, 0.05) is 30.9 Å². The summed E-state index contributed by atoms with van der Waals surface area (Å²) < 4.78 is 0. The summed E-state index contributed by atoms with van der Waals surface area (Å²) in [6.45, 7) is 7.91. The van der Waals surface area contributed by atoms with Gasteiger partial charge in [0.15, 0.2) is 5.82 Å². The normalized spacial score (nSPS) is 15.4. The van der Waals surface area contributed by atoms with Crippen molar-refractivity contribution < 1.29 is 4.79 Å². The predicted octanol–water partition coefficient (Wildman–Crippen LogP) is 2.19. The van der Waals surface area contributed by atoms with Crippen molar-refractivity contribution in [1.29, 1.82) is 0 Å². The summed E-state index contributed by atoms with van der Waals surface area (Å²) in [6.07, 6.45) is 0. The lowest BCUT2D eigenvalue weighted by atomic mass is 9.92. The number of amides is 1. The largest absolute Gasteiger partial charge is 0.351 e. The van der Waals surface area contributed by atoms with E-state index in [1.165, 1.54) is 11.3 Å². The number of likely N-dealkylation sites (N-methyl/N-ethyl adjacent to an activating group) is 1. The van der Waals surface area contributed by atoms with Crippen LogP contribution in [-0.2, 0) is 5.41 Å². The molecule has 0 N–H and O–H groups in total. The zero-order chi connectivity index (χ0) is 16.6. The molecule has 6 nitrogen and oxygen atoms in total. The molecular weight excluding hydrogens is 310 g/mol. The SMILES string of the molecule is CN(C(=O)c1cscn1)C1CN(c2ccc(C(C)(C)C)nn2)C1. The summed E-state index contributed by atoms with van der Waals surface area (Å²) in [4.78, 5) is 20.2. The Bertz CT molecular complexity index is 671. The van der Waals surface area contributed by atoms with Gasteiger partial charge < -0.3 is 9.80 Å². The molecule has 0 radical (unpaired) electrons. The number of hydrogen-bond donors (Lipinski definition) is 0. The van der Waals surface area contributed by atoms with E-state index < -0.39 is 0 Å². The van der Waals surface area contributed by atoms with Gasteiger partial charge in [0.2, 0.25) is 0 Å². The Kier molecular flexibility index (Phi) is 4.06. The highest BCUT2D eigenvalue weighted by atomic mass is 32.1. The molecule has 0 bridgehead atoms. The van der Waals surface area contributed by atoms with E-state index in [1.54, 1.807) is 15.8 Å². The van der Waals surface area contributed by atoms with Crippen molar-refractivity contribution in [2.24, 2.45) is 0 Å². The van der Waals surface area contributed by atoms with Crippen molar-refractivity contribution in [3.8, 4) is 0 Å². The molecule has 7 heteroatoms. The Balaban J connectivity index is 1.59. The van der Waals surface area contributed by atoms with Crippen molar-refractivity contribution >= 4 is 23.1 Å². The molecule has 3 rings (SSSR count). The first-order valence-corrected chi connectivity index (χ1v) is 8.55. The molecule has 0 unspecified atom stereocenters. The van der Waals surface area contributed by atoms with Crippen LogP contribution in [0.4, 0.5) is 5.82 Å². The minimum absolute atomic E-state index is 0.00316. The number of thiazole rings is 1. The van der Waals surface area contributed by atoms with Gasteiger partial charge in [-0.05, 0) is 12.1 Å². The van der Waals surface area contributed by atoms with Gasteiger partial charge in [0.05, 0.1) is 17.2 Å². The van der Waals surface area contributed by atoms with Gasteiger partial charge in [-0.15, -0.1) is 16.4 Å². The molecule has 1 fully saturated rings. The summed E-state index contributed by atoms with van der Waals surface area (Å²) >= 11 is 1.44. The molecule has 0 aliphatic carbocycles. The molecule has 3 heterocycles. The summed E-state index contributed by atoms with van der Waals surface area (Å²) in [5.74, 6) is 0.842. The Morgan fingerprint density at radius 3 is 2.57 bits per heavy atom. The number of carbonyl (C=O) groups excluding carboxylic acids is 1. The second kappa shape index (κ2) is 5.88. The van der Waals surface area contributed by atoms with Gasteiger partial charge in [-0.25, -0.2) is 4.98 Å². The first-order chi connectivity index (χ1) is 10.9. The van der Waals surface area contributed by atoms with Crippen molar-refractivity contribution in [2.75, 3.05) is 25.0 Å². The smallest absolute Gasteiger partial charge is 0.273 e. The highest BCUT2D eigenvalue weighted by Crippen LogP contribution is 2.24. The van der Waals surface area contributed by atoms with E-state index >= 15 is 0 Å². The molecular formula is C16H21N5OS. The summed E-state index contributed by atoms with van der Waals surface area (Å²) in [6, 6.07) is 4.22. The second-order valence-electron chi connectivity index (χ2n) is 6.88. The third kappa shape index (κ3) is 3.19. The van der Waals surface area contributed by atoms with Crippen LogP contribution in [0.25, 0.3) is 0 Å². The third-order valence-electron chi connectivity index (χ3n) is 4.12. The molecule has 0 atom stereocenters. The highest BCUT2D eigenvalue weighted by molar-refractivity contribution is 7.07. The number of carbonyl (C=O) groups is 1. The zero-order valence-corrected chi connectivity index (χ0v) is 14.7. The van der Waals surface area contributed by atoms with E-state index in [0.717, 1.165) is 24.6 Å². The number of rotatable bonds is 3. The van der Waals surface area contributed by atoms with Crippen LogP contribution < -0.4 is 4.90 Å². The molecule has 1 amide bonds. The number of nitrogens with zero attached hydrogens (tertiary/aromatic N) is 5. The number of anilines is 1. The monoisotopic (exact) mass is 331 g/mol. The fourth-order valence-corrected chi connectivity index (χ4v) is 2.97. The van der Waals surface area contributed by atoms with Gasteiger partial charge in [0.1, 0.15) is 5.69 Å². The standard InChI is InChI=1S/C16H21N5OS/c1-16(2,3)13-5-6-14(19-18-13)21-7-11(8-21)20(4)15(22)12-9-23-10-17-12/h5-6,9-11H,7-8H2,1-4H3. The number of hydrogen-bond acceptors (Lipinski definition) is 6. The minimum atomic E-state index is -0.0231. The van der Waals surface area contributed by atoms with Crippen LogP contribution in [0.3, 0.4) is 0 Å². The molecule has 122 valence electrons. The quantitative estimate of drug-likeness (QED) is 0.863. The Morgan fingerprint density at radius 2 is 2.04 bits per heavy atom. The van der Waals surface area contributed by atoms with Crippen LogP contribution in [0.2, 0.25) is 0 Å². The molecule has 2 aromatic heterocycles. The van der Waals surface area contributed by atoms with E-state index in [2.05, 4.69) is 40.9 Å². The maximum Gasteiger partial charge on any atom is 0.273 e. The van der Waals surface area contributed by atoms with Crippen LogP contribution in [0.5, 0.6) is 0 Å². The van der Waals surface area contributed by atoms with Gasteiger partial charge in [-0.3, -0.25) is 4.79 Å². The lowest BCUT2D eigenvalue weighted by Gasteiger charge is -2.44. The molecule has 1 aliphatic rings. The van der Waals surface area contributed by atoms with Crippen LogP contribution in [0.1, 0.15) is 37.0 Å². The maximum absolute atomic E-state index is 12.3. The van der Waals surface area contributed by atoms with E-state index in [4.69, 9.17) is 0 Å². The second-order valence-corrected chi connectivity index (χ2v) is 7.59. The topological polar surface area (TPSA) is 62.2 Å². The van der Waals surface area contributed by atoms with Crippen LogP contribution in [-0.4, -0.2) is 52.2 Å². The van der Waals surface area contributed by atoms with E-state index in [9.17, 15) is 4.79 Å². The lowest BCUT2D eigenvalue weighted by Crippen LogP contribution is -2.60. The molecule has 23 heavy (non-hydrogen) atoms. The minimum Gasteiger partial charge on any atom is -0.351 e. The molecule has 1 saturated heterocycles. The van der Waals surface area contributed by atoms with Crippen LogP contribution >= 0.6 is 11.3 Å². The van der Waals surface area contributed by atoms with Gasteiger partial charge in [-0.2, -0.15) is 5.10 Å². The molecule has 2 aromatic rings. The van der Waals surface area contributed by atoms with E-state index in [1.807, 2.05) is 19.2 Å². The average molecular weight is 331 g/mol. The Labute approximate surface area is 140 Å². The Morgan fingerprint density at radius 1 is 1.30 bits per heavy atom. The summed E-state index contributed by atoms with van der Waals surface area (Å²) in [5, 5.41) is 10.4. The fraction of sp³-hybridized carbons (Fsp3) is 0.500. The lowest BCUT2D eigenvalue weighted by molar-refractivity contribution is 0.0700. The van der Waals surface area contributed by atoms with Gasteiger partial charge in [0.25, 0.3) is 5.91 Å². The highest BCUT2D eigenvalue weighted by Gasteiger charge is 2.34. The molecule has 0 spiro atoms. The Hall–Kier alpha value is -2.02. The van der Waals surface area contributed by atoms with Crippen LogP contribution in [0.15, 0.2) is 23.0 Å². The van der Waals surface area contributed by atoms with Crippen LogP contribution in [0, 0.1) is 0 Å². The van der Waals surface area contributed by atoms with Crippen molar-refractivity contribution in [3.05, 3.63) is 34.4 Å². The maximum atomic E-state index is 12.3. The zero-order valence-electron chi connectivity index (χ0n) is 13.9. The first-order valence-electron chi connectivity index (χ1n) is 7.61. The molecule has 1 aliphatic heterocycles. The molecule has 0 saturated carbocycles. The van der Waals surface area contributed by atoms with Crippen molar-refractivity contribution in [2.45, 2.75) is 32.2 Å². The van der Waals surface area contributed by atoms with Gasteiger partial charge in [-0.1, -0.05) is 20.8 Å². The van der Waals surface area contributed by atoms with Gasteiger partial charge >= 0.3 is 0 Å². The van der Waals surface area contributed by atoms with Crippen molar-refractivity contribution in [3.63, 3.8) is 0 Å². The summed E-state index contributed by atoms with van der Waals surface area (Å²) in [5.41, 5.74) is 3.18. The third-order valence-corrected chi connectivity index (χ3v) is 4.71. The molecule has 0 aromatic carbocycles. The summed E-state index contributed by atoms with van der Waals surface area (Å²) in [7, 11) is 1.83. The van der Waals surface area contributed by atoms with E-state index in [0.29, 0.717) is 5.69 Å². The first kappa shape index (κ1) is 15.9. The predicted molar refractivity (Wildman–Crippen MR) is 90.9 cm³/mol.